The molecule has 1 N–H and O–H groups in total. The molecule has 28 heavy (non-hydrogen) atoms. The lowest BCUT2D eigenvalue weighted by Crippen LogP contribution is -2.39. The van der Waals surface area contributed by atoms with Gasteiger partial charge < -0.3 is 9.84 Å². The molecule has 1 aliphatic carbocycles. The van der Waals surface area contributed by atoms with Crippen molar-refractivity contribution in [3.05, 3.63) is 41.3 Å². The first kappa shape index (κ1) is 19.0. The van der Waals surface area contributed by atoms with Gasteiger partial charge >= 0.3 is 0 Å². The van der Waals surface area contributed by atoms with Gasteiger partial charge in [0, 0.05) is 31.5 Å². The van der Waals surface area contributed by atoms with E-state index in [-0.39, 0.29) is 24.4 Å². The molecule has 2 aromatic rings. The van der Waals surface area contributed by atoms with Crippen molar-refractivity contribution in [3.63, 3.8) is 0 Å². The summed E-state index contributed by atoms with van der Waals surface area (Å²) in [7, 11) is -3.33. The van der Waals surface area contributed by atoms with Crippen molar-refractivity contribution < 1.29 is 17.7 Å². The van der Waals surface area contributed by atoms with Crippen molar-refractivity contribution in [2.24, 2.45) is 5.92 Å². The number of aromatic nitrogens is 3. The van der Waals surface area contributed by atoms with Crippen LogP contribution in [0.4, 0.5) is 0 Å². The van der Waals surface area contributed by atoms with Crippen LogP contribution in [0.15, 0.2) is 23.0 Å². The van der Waals surface area contributed by atoms with E-state index >= 15 is 0 Å². The number of amides is 1. The van der Waals surface area contributed by atoms with E-state index in [1.54, 1.807) is 25.4 Å². The van der Waals surface area contributed by atoms with Crippen LogP contribution in [0.1, 0.15) is 40.5 Å². The molecule has 0 spiro atoms. The normalized spacial score (nSPS) is 27.7. The minimum Gasteiger partial charge on any atom is -0.349 e. The minimum atomic E-state index is -3.33. The maximum Gasteiger partial charge on any atom is 0.253 e. The third-order valence-electron chi connectivity index (χ3n) is 5.89. The second-order valence-corrected chi connectivity index (χ2v) is 9.84. The molecule has 4 rings (SSSR count). The molecule has 0 aromatic carbocycles. The van der Waals surface area contributed by atoms with Crippen LogP contribution in [0.25, 0.3) is 0 Å². The molecule has 2 aromatic heterocycles. The molecule has 2 aliphatic rings. The summed E-state index contributed by atoms with van der Waals surface area (Å²) in [6.07, 6.45) is 5.63. The van der Waals surface area contributed by atoms with Gasteiger partial charge in [0.05, 0.1) is 17.2 Å². The van der Waals surface area contributed by atoms with E-state index in [2.05, 4.69) is 20.4 Å². The molecule has 2 fully saturated rings. The highest BCUT2D eigenvalue weighted by molar-refractivity contribution is 7.88. The number of carbonyl (C=O) groups excluding carboxylic acids is 1. The number of carbonyl (C=O) groups is 1. The van der Waals surface area contributed by atoms with Crippen molar-refractivity contribution in [1.29, 1.82) is 0 Å². The van der Waals surface area contributed by atoms with E-state index in [4.69, 9.17) is 4.52 Å². The molecule has 3 atom stereocenters. The summed E-state index contributed by atoms with van der Waals surface area (Å²) in [6.45, 7) is 4.28. The van der Waals surface area contributed by atoms with Crippen LogP contribution in [0, 0.1) is 19.8 Å². The molecular weight excluding hydrogens is 382 g/mol. The fourth-order valence-electron chi connectivity index (χ4n) is 4.48. The average Bonchev–Trinajstić information content (AvgIpc) is 3.27. The maximum atomic E-state index is 12.7. The second-order valence-electron chi connectivity index (χ2n) is 7.86. The monoisotopic (exact) mass is 405 g/mol. The molecule has 0 unspecified atom stereocenters. The average molecular weight is 405 g/mol. The summed E-state index contributed by atoms with van der Waals surface area (Å²) in [4.78, 5) is 21.1. The lowest BCUT2D eigenvalue weighted by Gasteiger charge is -2.25. The van der Waals surface area contributed by atoms with E-state index in [9.17, 15) is 13.2 Å². The zero-order chi connectivity index (χ0) is 20.1. The highest BCUT2D eigenvalue weighted by Crippen LogP contribution is 2.50. The predicted molar refractivity (Wildman–Crippen MR) is 100 cm³/mol. The fourth-order valence-corrected chi connectivity index (χ4v) is 5.40. The Labute approximate surface area is 163 Å². The Morgan fingerprint density at radius 2 is 2.18 bits per heavy atom. The van der Waals surface area contributed by atoms with Gasteiger partial charge in [-0.05, 0) is 44.2 Å². The van der Waals surface area contributed by atoms with E-state index in [1.165, 1.54) is 10.6 Å². The van der Waals surface area contributed by atoms with Crippen molar-refractivity contribution in [3.8, 4) is 0 Å². The Morgan fingerprint density at radius 3 is 2.82 bits per heavy atom. The number of aryl methyl sites for hydroxylation is 2. The lowest BCUT2D eigenvalue weighted by atomic mass is 9.80. The predicted octanol–water partition coefficient (Wildman–Crippen LogP) is 0.803. The third kappa shape index (κ3) is 3.20. The van der Waals surface area contributed by atoms with Gasteiger partial charge in [-0.1, -0.05) is 5.16 Å². The standard InChI is InChI=1S/C18H23N5O4S/c1-11-4-5-19-8-15(11)16(24)21-14-6-13-9-23(28(3,25)26)10-18(13,7-14)17-20-12(2)22-27-17/h4-5,8,13-14H,6-7,9-10H2,1-3H3,(H,21,24)/t13-,14+,18-/m0/s1. The zero-order valence-electron chi connectivity index (χ0n) is 16.0. The van der Waals surface area contributed by atoms with Gasteiger partial charge in [-0.3, -0.25) is 9.78 Å². The van der Waals surface area contributed by atoms with Crippen LogP contribution in [-0.4, -0.2) is 59.1 Å². The first-order valence-electron chi connectivity index (χ1n) is 9.16. The molecule has 0 radical (unpaired) electrons. The van der Waals surface area contributed by atoms with Crippen molar-refractivity contribution in [2.45, 2.75) is 38.1 Å². The van der Waals surface area contributed by atoms with Crippen LogP contribution in [0.3, 0.4) is 0 Å². The van der Waals surface area contributed by atoms with Crippen molar-refractivity contribution in [2.75, 3.05) is 19.3 Å². The van der Waals surface area contributed by atoms with E-state index in [0.29, 0.717) is 36.7 Å². The number of pyridine rings is 1. The smallest absolute Gasteiger partial charge is 0.253 e. The molecule has 1 amide bonds. The van der Waals surface area contributed by atoms with Crippen LogP contribution in [0.2, 0.25) is 0 Å². The fraction of sp³-hybridized carbons (Fsp3) is 0.556. The highest BCUT2D eigenvalue weighted by Gasteiger charge is 2.59. The van der Waals surface area contributed by atoms with Gasteiger partial charge in [0.2, 0.25) is 15.9 Å². The molecule has 150 valence electrons. The van der Waals surface area contributed by atoms with Crippen LogP contribution >= 0.6 is 0 Å². The van der Waals surface area contributed by atoms with E-state index in [1.807, 2.05) is 6.92 Å². The summed E-state index contributed by atoms with van der Waals surface area (Å²) in [5.41, 5.74) is 0.822. The van der Waals surface area contributed by atoms with Gasteiger partial charge in [-0.15, -0.1) is 0 Å². The Hall–Kier alpha value is -2.33. The minimum absolute atomic E-state index is 0.00219. The SMILES string of the molecule is Cc1noc([C@]23C[C@H](NC(=O)c4cnccc4C)C[C@H]2CN(S(C)(=O)=O)C3)n1. The van der Waals surface area contributed by atoms with Crippen molar-refractivity contribution >= 4 is 15.9 Å². The largest absolute Gasteiger partial charge is 0.349 e. The first-order chi connectivity index (χ1) is 13.2. The third-order valence-corrected chi connectivity index (χ3v) is 7.10. The number of fused-ring (bicyclic) bond motifs is 1. The quantitative estimate of drug-likeness (QED) is 0.799. The number of hydrogen-bond donors (Lipinski definition) is 1. The van der Waals surface area contributed by atoms with Gasteiger partial charge in [-0.25, -0.2) is 12.7 Å². The van der Waals surface area contributed by atoms with Gasteiger partial charge in [-0.2, -0.15) is 4.98 Å². The Morgan fingerprint density at radius 1 is 1.39 bits per heavy atom. The number of hydrogen-bond acceptors (Lipinski definition) is 7. The first-order valence-corrected chi connectivity index (χ1v) is 11.0. The molecule has 9 nitrogen and oxygen atoms in total. The maximum absolute atomic E-state index is 12.7. The van der Waals surface area contributed by atoms with Crippen LogP contribution in [0.5, 0.6) is 0 Å². The van der Waals surface area contributed by atoms with Crippen LogP contribution < -0.4 is 5.32 Å². The number of sulfonamides is 1. The van der Waals surface area contributed by atoms with Crippen LogP contribution in [-0.2, 0) is 15.4 Å². The molecule has 1 saturated carbocycles. The summed E-state index contributed by atoms with van der Waals surface area (Å²) >= 11 is 0. The number of nitrogens with zero attached hydrogens (tertiary/aromatic N) is 4. The number of nitrogens with one attached hydrogen (secondary N) is 1. The van der Waals surface area contributed by atoms with Crippen molar-refractivity contribution in [1.82, 2.24) is 24.7 Å². The van der Waals surface area contributed by atoms with Gasteiger partial charge in [0.1, 0.15) is 0 Å². The molecule has 1 saturated heterocycles. The van der Waals surface area contributed by atoms with Gasteiger partial charge in [0.15, 0.2) is 5.82 Å². The van der Waals surface area contributed by atoms with E-state index < -0.39 is 15.4 Å². The summed E-state index contributed by atoms with van der Waals surface area (Å²) in [5.74, 6) is 0.796. The summed E-state index contributed by atoms with van der Waals surface area (Å²) in [6, 6.07) is 1.69. The molecule has 1 aliphatic heterocycles. The highest BCUT2D eigenvalue weighted by atomic mass is 32.2. The Bertz CT molecular complexity index is 1020. The van der Waals surface area contributed by atoms with E-state index in [0.717, 1.165) is 5.56 Å². The summed E-state index contributed by atoms with van der Waals surface area (Å²) < 4.78 is 31.2. The molecule has 10 heteroatoms. The lowest BCUT2D eigenvalue weighted by molar-refractivity contribution is 0.0933. The molecular formula is C18H23N5O4S. The molecule has 3 heterocycles. The van der Waals surface area contributed by atoms with Gasteiger partial charge in [0.25, 0.3) is 5.91 Å². The topological polar surface area (TPSA) is 118 Å². The molecule has 0 bridgehead atoms. The zero-order valence-corrected chi connectivity index (χ0v) is 16.9. The second kappa shape index (κ2) is 6.63. The number of rotatable bonds is 4. The summed E-state index contributed by atoms with van der Waals surface area (Å²) in [5, 5.41) is 6.98. The Balaban J connectivity index is 1.59. The Kier molecular flexibility index (Phi) is 4.50.